The second kappa shape index (κ2) is 6.30. The standard InChI is InChI=1S/C10H15N3O2S.ClH/c1-6-5-16-10(12-6)13-9(14)8-3-2-7(4-11)15-8;/h5,7-8H,2-4,11H2,1H3,(H,12,13,14);1H/t7-,8+;/m1./s1. The molecule has 2 atom stereocenters. The summed E-state index contributed by atoms with van der Waals surface area (Å²) in [4.78, 5) is 15.9. The molecular formula is C10H16ClN3O2S. The molecule has 0 spiro atoms. The molecule has 0 aromatic carbocycles. The van der Waals surface area contributed by atoms with Gasteiger partial charge in [0.25, 0.3) is 5.91 Å². The van der Waals surface area contributed by atoms with Gasteiger partial charge < -0.3 is 10.5 Å². The van der Waals surface area contributed by atoms with Crippen LogP contribution in [0.3, 0.4) is 0 Å². The zero-order chi connectivity index (χ0) is 11.5. The molecular weight excluding hydrogens is 262 g/mol. The van der Waals surface area contributed by atoms with Crippen LogP contribution in [0.1, 0.15) is 18.5 Å². The fraction of sp³-hybridized carbons (Fsp3) is 0.600. The molecule has 3 N–H and O–H groups in total. The first-order chi connectivity index (χ1) is 7.69. The Balaban J connectivity index is 0.00000144. The molecule has 96 valence electrons. The number of nitrogens with zero attached hydrogens (tertiary/aromatic N) is 1. The minimum Gasteiger partial charge on any atom is -0.364 e. The minimum absolute atomic E-state index is 0. The predicted octanol–water partition coefficient (Wildman–Crippen LogP) is 1.32. The van der Waals surface area contributed by atoms with Crippen LogP contribution in [0.15, 0.2) is 5.38 Å². The molecule has 2 heterocycles. The highest BCUT2D eigenvalue weighted by atomic mass is 35.5. The molecule has 1 aromatic heterocycles. The SMILES string of the molecule is Cc1csc(NC(=O)[C@@H]2CC[C@H](CN)O2)n1.Cl. The molecule has 0 unspecified atom stereocenters. The number of hydrogen-bond acceptors (Lipinski definition) is 5. The number of carbonyl (C=O) groups excluding carboxylic acids is 1. The highest BCUT2D eigenvalue weighted by Gasteiger charge is 2.30. The molecule has 1 aliphatic heterocycles. The van der Waals surface area contributed by atoms with Gasteiger partial charge in [-0.15, -0.1) is 23.7 Å². The highest BCUT2D eigenvalue weighted by molar-refractivity contribution is 7.13. The van der Waals surface area contributed by atoms with Crippen LogP contribution in [0.4, 0.5) is 5.13 Å². The fourth-order valence-corrected chi connectivity index (χ4v) is 2.36. The van der Waals surface area contributed by atoms with E-state index in [1.54, 1.807) is 0 Å². The summed E-state index contributed by atoms with van der Waals surface area (Å²) < 4.78 is 5.49. The molecule has 1 aliphatic rings. The average molecular weight is 278 g/mol. The van der Waals surface area contributed by atoms with E-state index >= 15 is 0 Å². The monoisotopic (exact) mass is 277 g/mol. The molecule has 5 nitrogen and oxygen atoms in total. The predicted molar refractivity (Wildman–Crippen MR) is 69.7 cm³/mol. The third kappa shape index (κ3) is 3.64. The van der Waals surface area contributed by atoms with Crippen molar-refractivity contribution >= 4 is 34.8 Å². The molecule has 1 fully saturated rings. The van der Waals surface area contributed by atoms with E-state index < -0.39 is 0 Å². The number of carbonyl (C=O) groups is 1. The summed E-state index contributed by atoms with van der Waals surface area (Å²) in [6, 6.07) is 0. The van der Waals surface area contributed by atoms with Crippen molar-refractivity contribution in [3.05, 3.63) is 11.1 Å². The first-order valence-electron chi connectivity index (χ1n) is 5.27. The molecule has 0 radical (unpaired) electrons. The van der Waals surface area contributed by atoms with Crippen molar-refractivity contribution in [2.24, 2.45) is 5.73 Å². The van der Waals surface area contributed by atoms with Crippen molar-refractivity contribution in [1.29, 1.82) is 0 Å². The van der Waals surface area contributed by atoms with Gasteiger partial charge in [0.2, 0.25) is 0 Å². The van der Waals surface area contributed by atoms with Gasteiger partial charge in [-0.2, -0.15) is 0 Å². The van der Waals surface area contributed by atoms with Gasteiger partial charge in [-0.05, 0) is 19.8 Å². The largest absolute Gasteiger partial charge is 0.364 e. The van der Waals surface area contributed by atoms with E-state index in [2.05, 4.69) is 10.3 Å². The number of hydrogen-bond donors (Lipinski definition) is 2. The van der Waals surface area contributed by atoms with E-state index in [0.717, 1.165) is 18.5 Å². The summed E-state index contributed by atoms with van der Waals surface area (Å²) in [6.45, 7) is 2.36. The van der Waals surface area contributed by atoms with Crippen molar-refractivity contribution < 1.29 is 9.53 Å². The quantitative estimate of drug-likeness (QED) is 0.873. The van der Waals surface area contributed by atoms with Crippen molar-refractivity contribution in [2.75, 3.05) is 11.9 Å². The Kier molecular flexibility index (Phi) is 5.32. The number of thiazole rings is 1. The van der Waals surface area contributed by atoms with E-state index in [1.807, 2.05) is 12.3 Å². The maximum atomic E-state index is 11.8. The second-order valence-corrected chi connectivity index (χ2v) is 4.70. The Hall–Kier alpha value is -0.690. The first kappa shape index (κ1) is 14.4. The van der Waals surface area contributed by atoms with Gasteiger partial charge in [-0.1, -0.05) is 0 Å². The third-order valence-electron chi connectivity index (χ3n) is 2.51. The molecule has 1 aromatic rings. The summed E-state index contributed by atoms with van der Waals surface area (Å²) in [5.74, 6) is -0.120. The fourth-order valence-electron chi connectivity index (χ4n) is 1.67. The zero-order valence-corrected chi connectivity index (χ0v) is 11.1. The minimum atomic E-state index is -0.377. The van der Waals surface area contributed by atoms with Gasteiger partial charge in [0.1, 0.15) is 6.10 Å². The van der Waals surface area contributed by atoms with E-state index in [1.165, 1.54) is 11.3 Å². The van der Waals surface area contributed by atoms with Crippen LogP contribution in [0.5, 0.6) is 0 Å². The van der Waals surface area contributed by atoms with Crippen LogP contribution in [0, 0.1) is 6.92 Å². The number of anilines is 1. The summed E-state index contributed by atoms with van der Waals surface area (Å²) in [7, 11) is 0. The van der Waals surface area contributed by atoms with Crippen LogP contribution >= 0.6 is 23.7 Å². The van der Waals surface area contributed by atoms with Crippen molar-refractivity contribution in [1.82, 2.24) is 4.98 Å². The third-order valence-corrected chi connectivity index (χ3v) is 3.39. The normalized spacial score (nSPS) is 23.2. The Morgan fingerprint density at radius 2 is 2.47 bits per heavy atom. The van der Waals surface area contributed by atoms with Crippen molar-refractivity contribution in [3.8, 4) is 0 Å². The summed E-state index contributed by atoms with van der Waals surface area (Å²) in [5.41, 5.74) is 6.39. The number of nitrogens with two attached hydrogens (primary N) is 1. The van der Waals surface area contributed by atoms with Crippen LogP contribution < -0.4 is 11.1 Å². The van der Waals surface area contributed by atoms with Crippen LogP contribution in [0.2, 0.25) is 0 Å². The van der Waals surface area contributed by atoms with Gasteiger partial charge in [0.15, 0.2) is 5.13 Å². The lowest BCUT2D eigenvalue weighted by Gasteiger charge is -2.11. The lowest BCUT2D eigenvalue weighted by molar-refractivity contribution is -0.126. The van der Waals surface area contributed by atoms with E-state index in [0.29, 0.717) is 11.7 Å². The van der Waals surface area contributed by atoms with Crippen LogP contribution in [-0.2, 0) is 9.53 Å². The number of halogens is 1. The van der Waals surface area contributed by atoms with Gasteiger partial charge in [0.05, 0.1) is 11.8 Å². The molecule has 7 heteroatoms. The van der Waals surface area contributed by atoms with E-state index in [4.69, 9.17) is 10.5 Å². The van der Waals surface area contributed by atoms with Gasteiger partial charge in [0, 0.05) is 11.9 Å². The second-order valence-electron chi connectivity index (χ2n) is 3.84. The van der Waals surface area contributed by atoms with Gasteiger partial charge in [-0.3, -0.25) is 10.1 Å². The molecule has 2 rings (SSSR count). The molecule has 17 heavy (non-hydrogen) atoms. The summed E-state index contributed by atoms with van der Waals surface area (Å²) >= 11 is 1.42. The number of aryl methyl sites for hydroxylation is 1. The Morgan fingerprint density at radius 3 is 3.00 bits per heavy atom. The number of amides is 1. The number of nitrogens with one attached hydrogen (secondary N) is 1. The summed E-state index contributed by atoms with van der Waals surface area (Å²) in [5, 5.41) is 5.28. The molecule has 0 saturated carbocycles. The van der Waals surface area contributed by atoms with E-state index in [-0.39, 0.29) is 30.5 Å². The molecule has 0 bridgehead atoms. The maximum Gasteiger partial charge on any atom is 0.255 e. The van der Waals surface area contributed by atoms with Crippen molar-refractivity contribution in [2.45, 2.75) is 32.0 Å². The van der Waals surface area contributed by atoms with E-state index in [9.17, 15) is 4.79 Å². The van der Waals surface area contributed by atoms with Gasteiger partial charge in [-0.25, -0.2) is 4.98 Å². The smallest absolute Gasteiger partial charge is 0.255 e. The lowest BCUT2D eigenvalue weighted by atomic mass is 10.2. The molecule has 1 saturated heterocycles. The Morgan fingerprint density at radius 1 is 1.71 bits per heavy atom. The molecule has 1 amide bonds. The van der Waals surface area contributed by atoms with Crippen LogP contribution in [-0.4, -0.2) is 29.6 Å². The average Bonchev–Trinajstić information content (AvgIpc) is 2.87. The number of aromatic nitrogens is 1. The molecule has 0 aliphatic carbocycles. The topological polar surface area (TPSA) is 77.2 Å². The van der Waals surface area contributed by atoms with Crippen LogP contribution in [0.25, 0.3) is 0 Å². The van der Waals surface area contributed by atoms with Gasteiger partial charge >= 0.3 is 0 Å². The maximum absolute atomic E-state index is 11.8. The Bertz CT molecular complexity index is 385. The highest BCUT2D eigenvalue weighted by Crippen LogP contribution is 2.21. The van der Waals surface area contributed by atoms with Crippen molar-refractivity contribution in [3.63, 3.8) is 0 Å². The lowest BCUT2D eigenvalue weighted by Crippen LogP contribution is -2.29. The number of ether oxygens (including phenoxy) is 1. The Labute approximate surface area is 110 Å². The first-order valence-corrected chi connectivity index (χ1v) is 6.15. The number of rotatable bonds is 3. The zero-order valence-electron chi connectivity index (χ0n) is 9.51. The summed E-state index contributed by atoms with van der Waals surface area (Å²) in [6.07, 6.45) is 1.23.